The molecule has 0 aliphatic rings. The summed E-state index contributed by atoms with van der Waals surface area (Å²) >= 11 is 4.18. The summed E-state index contributed by atoms with van der Waals surface area (Å²) in [6.45, 7) is 0.201. The first-order valence-corrected chi connectivity index (χ1v) is 11.2. The Morgan fingerprint density at radius 1 is 1.00 bits per heavy atom. The highest BCUT2D eigenvalue weighted by Gasteiger charge is 2.15. The molecule has 0 fully saturated rings. The molecule has 31 heavy (non-hydrogen) atoms. The maximum atomic E-state index is 13.3. The van der Waals surface area contributed by atoms with Crippen molar-refractivity contribution in [1.29, 1.82) is 0 Å². The zero-order valence-corrected chi connectivity index (χ0v) is 20.3. The van der Waals surface area contributed by atoms with Crippen LogP contribution >= 0.6 is 45.2 Å². The van der Waals surface area contributed by atoms with Crippen LogP contribution in [0.25, 0.3) is 6.08 Å². The predicted molar refractivity (Wildman–Crippen MR) is 132 cm³/mol. The van der Waals surface area contributed by atoms with E-state index >= 15 is 0 Å². The molecule has 158 valence electrons. The standard InChI is InChI=1S/C23H16FI2NO4/c24-17-8-4-5-14(9-17)13-31-21-18(25)10-15(11-19(21)26)12-20(23(29)30)27-22(28)16-6-2-1-3-7-16/h1-12H,13H2,(H,27,28)(H,29,30). The van der Waals surface area contributed by atoms with Gasteiger partial charge in [0.05, 0.1) is 7.14 Å². The number of rotatable bonds is 7. The fourth-order valence-electron chi connectivity index (χ4n) is 2.68. The third-order valence-electron chi connectivity index (χ3n) is 4.12. The summed E-state index contributed by atoms with van der Waals surface area (Å²) < 4.78 is 20.7. The fourth-order valence-corrected chi connectivity index (χ4v) is 4.81. The number of ether oxygens (including phenoxy) is 1. The molecule has 0 atom stereocenters. The second-order valence-electron chi connectivity index (χ2n) is 6.42. The maximum absolute atomic E-state index is 13.3. The first-order chi connectivity index (χ1) is 14.8. The molecule has 0 radical (unpaired) electrons. The Kier molecular flexibility index (Phi) is 8.02. The molecule has 3 aromatic rings. The van der Waals surface area contributed by atoms with Crippen LogP contribution in [0.4, 0.5) is 4.39 Å². The van der Waals surface area contributed by atoms with Gasteiger partial charge in [-0.2, -0.15) is 0 Å². The monoisotopic (exact) mass is 643 g/mol. The Morgan fingerprint density at radius 2 is 1.68 bits per heavy atom. The number of nitrogens with one attached hydrogen (secondary N) is 1. The van der Waals surface area contributed by atoms with Gasteiger partial charge < -0.3 is 15.2 Å². The molecule has 8 heteroatoms. The highest BCUT2D eigenvalue weighted by Crippen LogP contribution is 2.30. The van der Waals surface area contributed by atoms with Crippen LogP contribution in [0.5, 0.6) is 5.75 Å². The van der Waals surface area contributed by atoms with Crippen molar-refractivity contribution in [2.45, 2.75) is 6.61 Å². The van der Waals surface area contributed by atoms with E-state index in [2.05, 4.69) is 50.5 Å². The van der Waals surface area contributed by atoms with Gasteiger partial charge >= 0.3 is 5.97 Å². The van der Waals surface area contributed by atoms with E-state index < -0.39 is 11.9 Å². The van der Waals surface area contributed by atoms with E-state index in [1.807, 2.05) is 0 Å². The SMILES string of the molecule is O=C(O)C(=Cc1cc(I)c(OCc2cccc(F)c2)c(I)c1)NC(=O)c1ccccc1. The lowest BCUT2D eigenvalue weighted by atomic mass is 10.1. The quantitative estimate of drug-likeness (QED) is 0.265. The zero-order valence-electron chi connectivity index (χ0n) is 15.9. The number of halogens is 3. The van der Waals surface area contributed by atoms with Gasteiger partial charge in [0.1, 0.15) is 23.9 Å². The predicted octanol–water partition coefficient (Wildman–Crippen LogP) is 5.47. The van der Waals surface area contributed by atoms with Crippen molar-refractivity contribution in [3.8, 4) is 5.75 Å². The van der Waals surface area contributed by atoms with E-state index in [4.69, 9.17) is 4.74 Å². The van der Waals surface area contributed by atoms with Crippen molar-refractivity contribution in [3.05, 3.63) is 102 Å². The number of amides is 1. The molecule has 0 aliphatic carbocycles. The first kappa shape index (κ1) is 23.2. The minimum Gasteiger partial charge on any atom is -0.487 e. The van der Waals surface area contributed by atoms with Gasteiger partial charge in [-0.1, -0.05) is 30.3 Å². The van der Waals surface area contributed by atoms with Crippen molar-refractivity contribution in [2.75, 3.05) is 0 Å². The van der Waals surface area contributed by atoms with Crippen LogP contribution < -0.4 is 10.1 Å². The Hall–Kier alpha value is -2.47. The van der Waals surface area contributed by atoms with Crippen LogP contribution in [-0.4, -0.2) is 17.0 Å². The fraction of sp³-hybridized carbons (Fsp3) is 0.0435. The number of benzene rings is 3. The van der Waals surface area contributed by atoms with Crippen LogP contribution in [0.15, 0.2) is 72.4 Å². The van der Waals surface area contributed by atoms with Crippen molar-refractivity contribution < 1.29 is 23.8 Å². The molecule has 0 spiro atoms. The molecule has 3 rings (SSSR count). The van der Waals surface area contributed by atoms with Gasteiger partial charge in [-0.3, -0.25) is 4.79 Å². The third-order valence-corrected chi connectivity index (χ3v) is 5.72. The van der Waals surface area contributed by atoms with Crippen molar-refractivity contribution in [2.24, 2.45) is 0 Å². The first-order valence-electron chi connectivity index (χ1n) is 9.01. The summed E-state index contributed by atoms with van der Waals surface area (Å²) in [6.07, 6.45) is 1.39. The molecule has 0 bridgehead atoms. The van der Waals surface area contributed by atoms with Crippen molar-refractivity contribution in [3.63, 3.8) is 0 Å². The smallest absolute Gasteiger partial charge is 0.352 e. The lowest BCUT2D eigenvalue weighted by molar-refractivity contribution is -0.132. The van der Waals surface area contributed by atoms with Gasteiger partial charge in [-0.25, -0.2) is 9.18 Å². The second kappa shape index (κ2) is 10.7. The van der Waals surface area contributed by atoms with E-state index in [1.165, 1.54) is 18.2 Å². The Labute approximate surface area is 205 Å². The van der Waals surface area contributed by atoms with E-state index in [-0.39, 0.29) is 18.1 Å². The summed E-state index contributed by atoms with van der Waals surface area (Å²) in [6, 6.07) is 18.0. The van der Waals surface area contributed by atoms with Gasteiger partial charge in [0.25, 0.3) is 5.91 Å². The van der Waals surface area contributed by atoms with Gasteiger partial charge in [0.15, 0.2) is 0 Å². The Bertz CT molecular complexity index is 1130. The second-order valence-corrected chi connectivity index (χ2v) is 8.74. The number of carboxylic acids is 1. The molecule has 0 heterocycles. The molecule has 0 aromatic heterocycles. The number of hydrogen-bond acceptors (Lipinski definition) is 3. The summed E-state index contributed by atoms with van der Waals surface area (Å²) in [4.78, 5) is 24.0. The topological polar surface area (TPSA) is 75.6 Å². The lowest BCUT2D eigenvalue weighted by Crippen LogP contribution is -2.27. The largest absolute Gasteiger partial charge is 0.487 e. The average molecular weight is 643 g/mol. The number of carboxylic acid groups (broad SMARTS) is 1. The van der Waals surface area contributed by atoms with E-state index in [9.17, 15) is 19.1 Å². The van der Waals surface area contributed by atoms with Crippen LogP contribution in [-0.2, 0) is 11.4 Å². The summed E-state index contributed by atoms with van der Waals surface area (Å²) in [5, 5.41) is 12.0. The Morgan fingerprint density at radius 3 is 2.29 bits per heavy atom. The molecule has 0 saturated heterocycles. The molecule has 1 amide bonds. The van der Waals surface area contributed by atoms with Crippen molar-refractivity contribution >= 4 is 63.1 Å². The van der Waals surface area contributed by atoms with Crippen LogP contribution in [0.3, 0.4) is 0 Å². The van der Waals surface area contributed by atoms with Gasteiger partial charge in [-0.05, 0) is 98.8 Å². The normalized spacial score (nSPS) is 11.1. The number of hydrogen-bond donors (Lipinski definition) is 2. The molecule has 0 saturated carbocycles. The average Bonchev–Trinajstić information content (AvgIpc) is 2.73. The van der Waals surface area contributed by atoms with E-state index in [0.29, 0.717) is 22.4 Å². The maximum Gasteiger partial charge on any atom is 0.352 e. The molecular weight excluding hydrogens is 627 g/mol. The minimum atomic E-state index is -1.25. The van der Waals surface area contributed by atoms with Crippen LogP contribution in [0.2, 0.25) is 0 Å². The van der Waals surface area contributed by atoms with Gasteiger partial charge in [0.2, 0.25) is 0 Å². The molecule has 5 nitrogen and oxygen atoms in total. The van der Waals surface area contributed by atoms with E-state index in [0.717, 1.165) is 7.14 Å². The molecular formula is C23H16FI2NO4. The minimum absolute atomic E-state index is 0.201. The van der Waals surface area contributed by atoms with Crippen LogP contribution in [0, 0.1) is 13.0 Å². The summed E-state index contributed by atoms with van der Waals surface area (Å²) in [5.41, 5.74) is 1.42. The number of aliphatic carboxylic acids is 1. The van der Waals surface area contributed by atoms with Gasteiger partial charge in [-0.15, -0.1) is 0 Å². The summed E-state index contributed by atoms with van der Waals surface area (Å²) in [5.74, 6) is -1.47. The van der Waals surface area contributed by atoms with Crippen molar-refractivity contribution in [1.82, 2.24) is 5.32 Å². The lowest BCUT2D eigenvalue weighted by Gasteiger charge is -2.12. The highest BCUT2D eigenvalue weighted by atomic mass is 127. The third kappa shape index (κ3) is 6.50. The van der Waals surface area contributed by atoms with Gasteiger partial charge in [0, 0.05) is 5.56 Å². The highest BCUT2D eigenvalue weighted by molar-refractivity contribution is 14.1. The molecule has 2 N–H and O–H groups in total. The summed E-state index contributed by atoms with van der Waals surface area (Å²) in [7, 11) is 0. The molecule has 0 unspecified atom stereocenters. The zero-order chi connectivity index (χ0) is 22.4. The molecule has 0 aliphatic heterocycles. The number of carbonyl (C=O) groups is 2. The number of carbonyl (C=O) groups excluding carboxylic acids is 1. The Balaban J connectivity index is 1.80. The van der Waals surface area contributed by atoms with E-state index in [1.54, 1.807) is 54.6 Å². The van der Waals surface area contributed by atoms with Crippen LogP contribution in [0.1, 0.15) is 21.5 Å². The molecule has 3 aromatic carbocycles.